The fraction of sp³-hybridized carbons (Fsp3) is 0.207. The maximum atomic E-state index is 13.4. The molecule has 0 aliphatic heterocycles. The lowest BCUT2D eigenvalue weighted by molar-refractivity contribution is -0.116. The number of fused-ring (bicyclic) bond motifs is 1. The van der Waals surface area contributed by atoms with Gasteiger partial charge in [0, 0.05) is 17.4 Å². The SMILES string of the molecule is CCOc1ccc(C(=O)c2cn(CC(=O)Nc3ccc(C)cc3)c3ccc(OCC)cc3c2=O)cc1. The highest BCUT2D eigenvalue weighted by Crippen LogP contribution is 2.22. The topological polar surface area (TPSA) is 86.6 Å². The van der Waals surface area contributed by atoms with Gasteiger partial charge in [-0.3, -0.25) is 14.4 Å². The Balaban J connectivity index is 1.74. The molecule has 1 aromatic heterocycles. The Bertz CT molecular complexity index is 1450. The largest absolute Gasteiger partial charge is 0.494 e. The van der Waals surface area contributed by atoms with Gasteiger partial charge in [-0.25, -0.2) is 0 Å². The molecule has 1 heterocycles. The van der Waals surface area contributed by atoms with Crippen LogP contribution in [0.2, 0.25) is 0 Å². The smallest absolute Gasteiger partial charge is 0.244 e. The van der Waals surface area contributed by atoms with Crippen LogP contribution in [0, 0.1) is 6.92 Å². The fourth-order valence-electron chi connectivity index (χ4n) is 3.94. The molecular weight excluding hydrogens is 456 g/mol. The molecule has 0 fully saturated rings. The van der Waals surface area contributed by atoms with Gasteiger partial charge in [0.1, 0.15) is 18.0 Å². The first-order valence-corrected chi connectivity index (χ1v) is 11.8. The fourth-order valence-corrected chi connectivity index (χ4v) is 3.94. The van der Waals surface area contributed by atoms with Crippen molar-refractivity contribution in [2.75, 3.05) is 18.5 Å². The van der Waals surface area contributed by atoms with Gasteiger partial charge in [0.15, 0.2) is 5.78 Å². The van der Waals surface area contributed by atoms with Crippen molar-refractivity contribution >= 4 is 28.3 Å². The monoisotopic (exact) mass is 484 g/mol. The van der Waals surface area contributed by atoms with Crippen LogP contribution in [0.1, 0.15) is 35.3 Å². The number of nitrogens with zero attached hydrogens (tertiary/aromatic N) is 1. The number of pyridine rings is 1. The average molecular weight is 485 g/mol. The standard InChI is InChI=1S/C29H28N2O5/c1-4-35-22-12-8-20(9-13-22)28(33)25-17-31(18-27(32)30-21-10-6-19(3)7-11-21)26-15-14-23(36-5-2)16-24(26)29(25)34/h6-17H,4-5,18H2,1-3H3,(H,30,32). The molecule has 0 saturated heterocycles. The maximum Gasteiger partial charge on any atom is 0.244 e. The van der Waals surface area contributed by atoms with Crippen LogP contribution >= 0.6 is 0 Å². The van der Waals surface area contributed by atoms with Crippen molar-refractivity contribution in [1.82, 2.24) is 4.57 Å². The second kappa shape index (κ2) is 10.9. The third kappa shape index (κ3) is 5.46. The second-order valence-corrected chi connectivity index (χ2v) is 8.31. The lowest BCUT2D eigenvalue weighted by atomic mass is 10.0. The lowest BCUT2D eigenvalue weighted by Crippen LogP contribution is -2.24. The molecule has 0 aliphatic carbocycles. The van der Waals surface area contributed by atoms with E-state index < -0.39 is 11.2 Å². The van der Waals surface area contributed by atoms with Crippen LogP contribution in [0.5, 0.6) is 11.5 Å². The normalized spacial score (nSPS) is 10.8. The minimum Gasteiger partial charge on any atom is -0.494 e. The summed E-state index contributed by atoms with van der Waals surface area (Å²) in [7, 11) is 0. The first-order chi connectivity index (χ1) is 17.4. The Morgan fingerprint density at radius 1 is 0.861 bits per heavy atom. The quantitative estimate of drug-likeness (QED) is 0.339. The summed E-state index contributed by atoms with van der Waals surface area (Å²) < 4.78 is 12.6. The summed E-state index contributed by atoms with van der Waals surface area (Å²) in [6.07, 6.45) is 1.46. The Morgan fingerprint density at radius 3 is 2.17 bits per heavy atom. The van der Waals surface area contributed by atoms with Crippen LogP contribution in [-0.4, -0.2) is 29.5 Å². The van der Waals surface area contributed by atoms with Gasteiger partial charge < -0.3 is 19.4 Å². The molecule has 7 nitrogen and oxygen atoms in total. The number of amides is 1. The zero-order chi connectivity index (χ0) is 25.7. The molecule has 0 aliphatic rings. The summed E-state index contributed by atoms with van der Waals surface area (Å²) in [6, 6.07) is 19.2. The van der Waals surface area contributed by atoms with Crippen molar-refractivity contribution in [1.29, 1.82) is 0 Å². The van der Waals surface area contributed by atoms with Crippen LogP contribution in [0.25, 0.3) is 10.9 Å². The Hall–Kier alpha value is -4.39. The molecule has 0 radical (unpaired) electrons. The number of ketones is 1. The number of carbonyl (C=O) groups is 2. The summed E-state index contributed by atoms with van der Waals surface area (Å²) in [5, 5.41) is 3.17. The van der Waals surface area contributed by atoms with E-state index in [-0.39, 0.29) is 18.0 Å². The minimum absolute atomic E-state index is 0.0246. The van der Waals surface area contributed by atoms with E-state index in [0.717, 1.165) is 5.56 Å². The van der Waals surface area contributed by atoms with E-state index in [2.05, 4.69) is 5.32 Å². The third-order valence-corrected chi connectivity index (χ3v) is 5.68. The van der Waals surface area contributed by atoms with Crippen LogP contribution < -0.4 is 20.2 Å². The molecule has 1 N–H and O–H groups in total. The third-order valence-electron chi connectivity index (χ3n) is 5.68. The summed E-state index contributed by atoms with van der Waals surface area (Å²) >= 11 is 0. The van der Waals surface area contributed by atoms with Crippen molar-refractivity contribution in [3.63, 3.8) is 0 Å². The molecule has 0 atom stereocenters. The maximum absolute atomic E-state index is 13.4. The second-order valence-electron chi connectivity index (χ2n) is 8.31. The number of aryl methyl sites for hydroxylation is 1. The van der Waals surface area contributed by atoms with Crippen LogP contribution in [0.4, 0.5) is 5.69 Å². The first-order valence-electron chi connectivity index (χ1n) is 11.8. The Kier molecular flexibility index (Phi) is 7.49. The van der Waals surface area contributed by atoms with Crippen molar-refractivity contribution in [2.45, 2.75) is 27.3 Å². The number of benzene rings is 3. The van der Waals surface area contributed by atoms with E-state index in [1.54, 1.807) is 47.0 Å². The van der Waals surface area contributed by atoms with E-state index in [1.807, 2.05) is 45.0 Å². The van der Waals surface area contributed by atoms with Crippen molar-refractivity contribution in [2.24, 2.45) is 0 Å². The summed E-state index contributed by atoms with van der Waals surface area (Å²) in [5.74, 6) is 0.444. The molecule has 4 rings (SSSR count). The van der Waals surface area contributed by atoms with Crippen LogP contribution in [0.3, 0.4) is 0 Å². The number of aromatic nitrogens is 1. The van der Waals surface area contributed by atoms with Gasteiger partial charge >= 0.3 is 0 Å². The molecular formula is C29H28N2O5. The van der Waals surface area contributed by atoms with Gasteiger partial charge in [-0.2, -0.15) is 0 Å². The zero-order valence-electron chi connectivity index (χ0n) is 20.5. The summed E-state index contributed by atoms with van der Waals surface area (Å²) in [5.41, 5.74) is 2.20. The van der Waals surface area contributed by atoms with Gasteiger partial charge in [-0.1, -0.05) is 17.7 Å². The van der Waals surface area contributed by atoms with E-state index in [9.17, 15) is 14.4 Å². The van der Waals surface area contributed by atoms with Gasteiger partial charge in [0.25, 0.3) is 0 Å². The predicted octanol–water partition coefficient (Wildman–Crippen LogP) is 4.98. The molecule has 36 heavy (non-hydrogen) atoms. The molecule has 7 heteroatoms. The number of carbonyl (C=O) groups excluding carboxylic acids is 2. The van der Waals surface area contributed by atoms with E-state index in [4.69, 9.17) is 9.47 Å². The Labute approximate surface area is 209 Å². The number of hydrogen-bond acceptors (Lipinski definition) is 5. The molecule has 3 aromatic carbocycles. The predicted molar refractivity (Wildman–Crippen MR) is 140 cm³/mol. The highest BCUT2D eigenvalue weighted by atomic mass is 16.5. The molecule has 0 unspecified atom stereocenters. The van der Waals surface area contributed by atoms with Crippen molar-refractivity contribution in [3.05, 3.63) is 99.8 Å². The van der Waals surface area contributed by atoms with E-state index in [1.165, 1.54) is 6.20 Å². The van der Waals surface area contributed by atoms with Crippen molar-refractivity contribution < 1.29 is 19.1 Å². The van der Waals surface area contributed by atoms with Gasteiger partial charge in [-0.15, -0.1) is 0 Å². The Morgan fingerprint density at radius 2 is 1.50 bits per heavy atom. The van der Waals surface area contributed by atoms with Crippen molar-refractivity contribution in [3.8, 4) is 11.5 Å². The number of hydrogen-bond donors (Lipinski definition) is 1. The van der Waals surface area contributed by atoms with Crippen LogP contribution in [-0.2, 0) is 11.3 Å². The summed E-state index contributed by atoms with van der Waals surface area (Å²) in [4.78, 5) is 39.7. The highest BCUT2D eigenvalue weighted by molar-refractivity contribution is 6.10. The average Bonchev–Trinajstić information content (AvgIpc) is 2.87. The van der Waals surface area contributed by atoms with Crippen LogP contribution in [0.15, 0.2) is 77.7 Å². The first kappa shape index (κ1) is 24.7. The minimum atomic E-state index is -0.431. The highest BCUT2D eigenvalue weighted by Gasteiger charge is 2.19. The number of nitrogens with one attached hydrogen (secondary N) is 1. The molecule has 184 valence electrons. The van der Waals surface area contributed by atoms with E-state index in [0.29, 0.717) is 46.9 Å². The van der Waals surface area contributed by atoms with Gasteiger partial charge in [0.05, 0.1) is 29.7 Å². The molecule has 0 spiro atoms. The van der Waals surface area contributed by atoms with Gasteiger partial charge in [-0.05, 0) is 75.4 Å². The van der Waals surface area contributed by atoms with E-state index >= 15 is 0 Å². The molecule has 4 aromatic rings. The van der Waals surface area contributed by atoms with Gasteiger partial charge in [0.2, 0.25) is 11.3 Å². The lowest BCUT2D eigenvalue weighted by Gasteiger charge is -2.15. The number of anilines is 1. The number of ether oxygens (including phenoxy) is 2. The zero-order valence-corrected chi connectivity index (χ0v) is 20.5. The molecule has 0 bridgehead atoms. The molecule has 1 amide bonds. The number of rotatable bonds is 9. The summed E-state index contributed by atoms with van der Waals surface area (Å²) in [6.45, 7) is 6.56. The molecule has 0 saturated carbocycles.